The third-order valence-electron chi connectivity index (χ3n) is 3.12. The van der Waals surface area contributed by atoms with Crippen molar-refractivity contribution in [1.29, 1.82) is 0 Å². The molecule has 0 aliphatic carbocycles. The monoisotopic (exact) mass is 284 g/mol. The van der Waals surface area contributed by atoms with Crippen LogP contribution in [0.5, 0.6) is 0 Å². The summed E-state index contributed by atoms with van der Waals surface area (Å²) in [6.07, 6.45) is 3.95. The molecule has 4 nitrogen and oxygen atoms in total. The van der Waals surface area contributed by atoms with Crippen LogP contribution >= 0.6 is 0 Å². The Morgan fingerprint density at radius 1 is 1.05 bits per heavy atom. The van der Waals surface area contributed by atoms with Crippen LogP contribution in [0.3, 0.4) is 0 Å². The molecule has 0 bridgehead atoms. The van der Waals surface area contributed by atoms with Crippen molar-refractivity contribution in [2.24, 2.45) is 5.92 Å². The van der Waals surface area contributed by atoms with E-state index in [-0.39, 0.29) is 0 Å². The molecule has 0 saturated heterocycles. The summed E-state index contributed by atoms with van der Waals surface area (Å²) in [4.78, 5) is 8.68. The van der Waals surface area contributed by atoms with Gasteiger partial charge < -0.3 is 10.6 Å². The van der Waals surface area contributed by atoms with Crippen molar-refractivity contribution in [3.05, 3.63) is 48.2 Å². The normalized spacial score (nSPS) is 10.6. The smallest absolute Gasteiger partial charge is 0.224 e. The van der Waals surface area contributed by atoms with Crippen molar-refractivity contribution >= 4 is 11.8 Å². The molecular formula is C17H24N4. The Kier molecular flexibility index (Phi) is 6.00. The zero-order chi connectivity index (χ0) is 14.9. The number of aromatic nitrogens is 2. The summed E-state index contributed by atoms with van der Waals surface area (Å²) >= 11 is 0. The number of nitrogens with zero attached hydrogens (tertiary/aromatic N) is 2. The van der Waals surface area contributed by atoms with Crippen LogP contribution in [0.2, 0.25) is 0 Å². The number of nitrogens with one attached hydrogen (secondary N) is 2. The molecule has 1 heterocycles. The largest absolute Gasteiger partial charge is 0.370 e. The van der Waals surface area contributed by atoms with Gasteiger partial charge in [-0.15, -0.1) is 0 Å². The predicted octanol–water partition coefficient (Wildman–Crippen LogP) is 3.59. The molecule has 0 saturated carbocycles. The van der Waals surface area contributed by atoms with Crippen LogP contribution in [0.1, 0.15) is 25.8 Å². The van der Waals surface area contributed by atoms with Crippen LogP contribution in [0.15, 0.2) is 42.6 Å². The van der Waals surface area contributed by atoms with E-state index in [4.69, 9.17) is 0 Å². The second-order valence-electron chi connectivity index (χ2n) is 5.56. The van der Waals surface area contributed by atoms with E-state index in [9.17, 15) is 0 Å². The lowest BCUT2D eigenvalue weighted by atomic mass is 10.1. The Morgan fingerprint density at radius 3 is 2.62 bits per heavy atom. The van der Waals surface area contributed by atoms with Crippen LogP contribution in [0.4, 0.5) is 11.8 Å². The van der Waals surface area contributed by atoms with E-state index in [1.807, 2.05) is 12.1 Å². The molecule has 0 radical (unpaired) electrons. The highest BCUT2D eigenvalue weighted by Gasteiger charge is 2.00. The van der Waals surface area contributed by atoms with Crippen molar-refractivity contribution in [2.45, 2.75) is 26.7 Å². The van der Waals surface area contributed by atoms with Gasteiger partial charge in [-0.1, -0.05) is 44.2 Å². The molecule has 0 aliphatic heterocycles. The van der Waals surface area contributed by atoms with E-state index in [0.29, 0.717) is 11.9 Å². The fourth-order valence-corrected chi connectivity index (χ4v) is 1.99. The molecule has 2 aromatic rings. The lowest BCUT2D eigenvalue weighted by molar-refractivity contribution is 0.684. The van der Waals surface area contributed by atoms with Gasteiger partial charge >= 0.3 is 0 Å². The Bertz CT molecular complexity index is 525. The van der Waals surface area contributed by atoms with Gasteiger partial charge in [0.1, 0.15) is 5.82 Å². The van der Waals surface area contributed by atoms with E-state index in [1.165, 1.54) is 5.56 Å². The number of rotatable bonds is 8. The molecule has 0 spiro atoms. The van der Waals surface area contributed by atoms with Gasteiger partial charge in [0.15, 0.2) is 0 Å². The van der Waals surface area contributed by atoms with E-state index in [0.717, 1.165) is 31.7 Å². The molecule has 0 unspecified atom stereocenters. The first-order chi connectivity index (χ1) is 10.2. The number of benzene rings is 1. The van der Waals surface area contributed by atoms with E-state index < -0.39 is 0 Å². The van der Waals surface area contributed by atoms with Crippen LogP contribution < -0.4 is 10.6 Å². The van der Waals surface area contributed by atoms with Gasteiger partial charge in [0.05, 0.1) is 0 Å². The summed E-state index contributed by atoms with van der Waals surface area (Å²) in [5.74, 6) is 2.15. The summed E-state index contributed by atoms with van der Waals surface area (Å²) in [7, 11) is 0. The van der Waals surface area contributed by atoms with Gasteiger partial charge in [-0.3, -0.25) is 0 Å². The van der Waals surface area contributed by atoms with Gasteiger partial charge in [0, 0.05) is 19.3 Å². The highest BCUT2D eigenvalue weighted by molar-refractivity contribution is 5.39. The number of aryl methyl sites for hydroxylation is 1. The topological polar surface area (TPSA) is 49.8 Å². The van der Waals surface area contributed by atoms with Crippen LogP contribution in [-0.4, -0.2) is 23.1 Å². The summed E-state index contributed by atoms with van der Waals surface area (Å²) in [5.41, 5.74) is 1.38. The Hall–Kier alpha value is -2.10. The van der Waals surface area contributed by atoms with Crippen LogP contribution in [0, 0.1) is 5.92 Å². The Morgan fingerprint density at radius 2 is 1.86 bits per heavy atom. The van der Waals surface area contributed by atoms with Crippen molar-refractivity contribution in [2.75, 3.05) is 23.7 Å². The number of hydrogen-bond acceptors (Lipinski definition) is 4. The highest BCUT2D eigenvalue weighted by atomic mass is 15.1. The molecule has 21 heavy (non-hydrogen) atoms. The van der Waals surface area contributed by atoms with Gasteiger partial charge in [0.25, 0.3) is 0 Å². The standard InChI is InChI=1S/C17H24N4/c1-14(2)13-20-17-19-12-10-16(21-17)18-11-6-9-15-7-4-3-5-8-15/h3-5,7-8,10,12,14H,6,9,11,13H2,1-2H3,(H2,18,19,20,21). The second kappa shape index (κ2) is 8.25. The zero-order valence-electron chi connectivity index (χ0n) is 12.8. The highest BCUT2D eigenvalue weighted by Crippen LogP contribution is 2.07. The van der Waals surface area contributed by atoms with Gasteiger partial charge in [-0.2, -0.15) is 4.98 Å². The average molecular weight is 284 g/mol. The molecule has 4 heteroatoms. The third kappa shape index (κ3) is 5.81. The molecule has 0 amide bonds. The molecule has 0 fully saturated rings. The summed E-state index contributed by atoms with van der Waals surface area (Å²) in [6, 6.07) is 12.5. The molecule has 0 aliphatic rings. The first-order valence-corrected chi connectivity index (χ1v) is 7.59. The summed E-state index contributed by atoms with van der Waals surface area (Å²) in [5, 5.41) is 6.59. The third-order valence-corrected chi connectivity index (χ3v) is 3.12. The lowest BCUT2D eigenvalue weighted by Crippen LogP contribution is -2.12. The van der Waals surface area contributed by atoms with Crippen LogP contribution in [0.25, 0.3) is 0 Å². The molecule has 2 N–H and O–H groups in total. The molecule has 1 aromatic carbocycles. The van der Waals surface area contributed by atoms with Crippen molar-refractivity contribution in [3.63, 3.8) is 0 Å². The summed E-state index contributed by atoms with van der Waals surface area (Å²) in [6.45, 7) is 6.13. The molecule has 0 atom stereocenters. The van der Waals surface area contributed by atoms with Gasteiger partial charge in [-0.05, 0) is 30.4 Å². The maximum atomic E-state index is 4.46. The number of anilines is 2. The average Bonchev–Trinajstić information content (AvgIpc) is 2.51. The second-order valence-corrected chi connectivity index (χ2v) is 5.56. The van der Waals surface area contributed by atoms with E-state index >= 15 is 0 Å². The zero-order valence-corrected chi connectivity index (χ0v) is 12.8. The minimum Gasteiger partial charge on any atom is -0.370 e. The maximum absolute atomic E-state index is 4.46. The molecule has 112 valence electrons. The first kappa shape index (κ1) is 15.3. The lowest BCUT2D eigenvalue weighted by Gasteiger charge is -2.09. The fraction of sp³-hybridized carbons (Fsp3) is 0.412. The van der Waals surface area contributed by atoms with Crippen molar-refractivity contribution < 1.29 is 0 Å². The van der Waals surface area contributed by atoms with Crippen molar-refractivity contribution in [1.82, 2.24) is 9.97 Å². The SMILES string of the molecule is CC(C)CNc1nccc(NCCCc2ccccc2)n1. The number of hydrogen-bond donors (Lipinski definition) is 2. The minimum atomic E-state index is 0.580. The molecular weight excluding hydrogens is 260 g/mol. The van der Waals surface area contributed by atoms with E-state index in [1.54, 1.807) is 6.20 Å². The Balaban J connectivity index is 1.74. The first-order valence-electron chi connectivity index (χ1n) is 7.59. The maximum Gasteiger partial charge on any atom is 0.224 e. The van der Waals surface area contributed by atoms with Crippen molar-refractivity contribution in [3.8, 4) is 0 Å². The fourth-order valence-electron chi connectivity index (χ4n) is 1.99. The van der Waals surface area contributed by atoms with Gasteiger partial charge in [-0.25, -0.2) is 4.98 Å². The molecule has 2 rings (SSSR count). The van der Waals surface area contributed by atoms with Crippen LogP contribution in [-0.2, 0) is 6.42 Å². The molecule has 1 aromatic heterocycles. The summed E-state index contributed by atoms with van der Waals surface area (Å²) < 4.78 is 0. The quantitative estimate of drug-likeness (QED) is 0.727. The van der Waals surface area contributed by atoms with E-state index in [2.05, 4.69) is 58.7 Å². The Labute approximate surface area is 127 Å². The predicted molar refractivity (Wildman–Crippen MR) is 88.6 cm³/mol. The van der Waals surface area contributed by atoms with Gasteiger partial charge in [0.2, 0.25) is 5.95 Å². The minimum absolute atomic E-state index is 0.580.